The van der Waals surface area contributed by atoms with Crippen molar-refractivity contribution in [2.75, 3.05) is 6.61 Å². The molecule has 0 radical (unpaired) electrons. The van der Waals surface area contributed by atoms with E-state index >= 15 is 0 Å². The van der Waals surface area contributed by atoms with Gasteiger partial charge in [0.15, 0.2) is 0 Å². The zero-order valence-electron chi connectivity index (χ0n) is 11.4. The Morgan fingerprint density at radius 1 is 1.16 bits per heavy atom. The molecule has 0 aliphatic rings. The Hall–Kier alpha value is -1.74. The van der Waals surface area contributed by atoms with Crippen LogP contribution in [0.15, 0.2) is 41.0 Å². The maximum atomic E-state index is 10.5. The van der Waals surface area contributed by atoms with Crippen molar-refractivity contribution < 1.29 is 14.3 Å². The number of rotatable bonds is 6. The van der Waals surface area contributed by atoms with Crippen molar-refractivity contribution in [3.8, 4) is 5.75 Å². The van der Waals surface area contributed by atoms with Gasteiger partial charge in [0.05, 0.1) is 12.9 Å². The largest absolute Gasteiger partial charge is 0.493 e. The smallest absolute Gasteiger partial charge is 0.125 e. The Labute approximate surface area is 113 Å². The van der Waals surface area contributed by atoms with E-state index in [1.807, 2.05) is 37.3 Å². The highest BCUT2D eigenvalue weighted by atomic mass is 16.5. The number of aliphatic hydroxyl groups is 1. The van der Waals surface area contributed by atoms with Gasteiger partial charge in [0, 0.05) is 17.5 Å². The van der Waals surface area contributed by atoms with Crippen molar-refractivity contribution in [3.63, 3.8) is 0 Å². The zero-order valence-corrected chi connectivity index (χ0v) is 11.4. The molecule has 2 rings (SSSR count). The highest BCUT2D eigenvalue weighted by Gasteiger charge is 2.19. The van der Waals surface area contributed by atoms with Crippen molar-refractivity contribution in [3.05, 3.63) is 53.5 Å². The highest BCUT2D eigenvalue weighted by molar-refractivity contribution is 5.41. The molecule has 0 fully saturated rings. The number of benzene rings is 1. The minimum atomic E-state index is -0.707. The van der Waals surface area contributed by atoms with Crippen molar-refractivity contribution in [1.29, 1.82) is 0 Å². The summed E-state index contributed by atoms with van der Waals surface area (Å²) in [6.07, 6.45) is 2.61. The van der Waals surface area contributed by atoms with Gasteiger partial charge < -0.3 is 14.3 Å². The minimum absolute atomic E-state index is 0.649. The van der Waals surface area contributed by atoms with Crippen LogP contribution in [-0.2, 0) is 6.42 Å². The van der Waals surface area contributed by atoms with E-state index in [9.17, 15) is 5.11 Å². The Morgan fingerprint density at radius 2 is 1.95 bits per heavy atom. The topological polar surface area (TPSA) is 42.6 Å². The number of hydrogen-bond donors (Lipinski definition) is 1. The molecule has 3 nitrogen and oxygen atoms in total. The molecule has 1 heterocycles. The van der Waals surface area contributed by atoms with E-state index in [2.05, 4.69) is 6.92 Å². The lowest BCUT2D eigenvalue weighted by atomic mass is 10.0. The fourth-order valence-electron chi connectivity index (χ4n) is 2.10. The van der Waals surface area contributed by atoms with Crippen molar-refractivity contribution in [2.24, 2.45) is 0 Å². The number of para-hydroxylation sites is 1. The number of ether oxygens (including phenoxy) is 1. The number of furan rings is 1. The summed E-state index contributed by atoms with van der Waals surface area (Å²) in [5.41, 5.74) is 1.60. The van der Waals surface area contributed by atoms with Gasteiger partial charge in [-0.05, 0) is 18.6 Å². The van der Waals surface area contributed by atoms with Crippen molar-refractivity contribution in [1.82, 2.24) is 0 Å². The van der Waals surface area contributed by atoms with E-state index in [1.54, 1.807) is 6.26 Å². The van der Waals surface area contributed by atoms with Crippen molar-refractivity contribution >= 4 is 0 Å². The lowest BCUT2D eigenvalue weighted by Gasteiger charge is -2.16. The molecule has 0 aliphatic carbocycles. The summed E-state index contributed by atoms with van der Waals surface area (Å²) in [5.74, 6) is 1.55. The normalized spacial score (nSPS) is 12.4. The summed E-state index contributed by atoms with van der Waals surface area (Å²) in [6.45, 7) is 4.72. The average molecular weight is 260 g/mol. The van der Waals surface area contributed by atoms with Gasteiger partial charge in [0.2, 0.25) is 0 Å². The molecule has 0 saturated carbocycles. The fourth-order valence-corrected chi connectivity index (χ4v) is 2.10. The summed E-state index contributed by atoms with van der Waals surface area (Å²) in [6, 6.07) is 9.42. The van der Waals surface area contributed by atoms with E-state index in [4.69, 9.17) is 9.15 Å². The Kier molecular flexibility index (Phi) is 4.63. The van der Waals surface area contributed by atoms with Gasteiger partial charge in [0.1, 0.15) is 17.6 Å². The molecule has 1 aromatic heterocycles. The second-order valence-electron chi connectivity index (χ2n) is 4.44. The minimum Gasteiger partial charge on any atom is -0.493 e. The summed E-state index contributed by atoms with van der Waals surface area (Å²) in [4.78, 5) is 0. The van der Waals surface area contributed by atoms with E-state index in [0.29, 0.717) is 6.61 Å². The Bertz CT molecular complexity index is 516. The SMILES string of the molecule is CCCOc1ccccc1C(O)c1ccoc1CC. The lowest BCUT2D eigenvalue weighted by molar-refractivity contribution is 0.208. The molecule has 1 unspecified atom stereocenters. The molecule has 0 bridgehead atoms. The second kappa shape index (κ2) is 6.43. The molecular weight excluding hydrogens is 240 g/mol. The molecule has 3 heteroatoms. The van der Waals surface area contributed by atoms with E-state index in [0.717, 1.165) is 35.5 Å². The first-order chi connectivity index (χ1) is 9.27. The molecule has 1 aromatic carbocycles. The molecule has 102 valence electrons. The first kappa shape index (κ1) is 13.7. The molecule has 0 spiro atoms. The van der Waals surface area contributed by atoms with Gasteiger partial charge >= 0.3 is 0 Å². The molecule has 0 saturated heterocycles. The lowest BCUT2D eigenvalue weighted by Crippen LogP contribution is -2.05. The first-order valence-corrected chi connectivity index (χ1v) is 6.74. The predicted octanol–water partition coefficient (Wildman–Crippen LogP) is 3.71. The summed E-state index contributed by atoms with van der Waals surface area (Å²) in [7, 11) is 0. The van der Waals surface area contributed by atoms with E-state index < -0.39 is 6.10 Å². The third kappa shape index (κ3) is 2.99. The predicted molar refractivity (Wildman–Crippen MR) is 74.4 cm³/mol. The van der Waals surface area contributed by atoms with Crippen molar-refractivity contribution in [2.45, 2.75) is 32.8 Å². The summed E-state index contributed by atoms with van der Waals surface area (Å²) < 4.78 is 11.1. The Morgan fingerprint density at radius 3 is 2.68 bits per heavy atom. The van der Waals surface area contributed by atoms with Gasteiger partial charge in [-0.25, -0.2) is 0 Å². The molecule has 2 aromatic rings. The molecule has 0 aliphatic heterocycles. The number of hydrogen-bond acceptors (Lipinski definition) is 3. The molecule has 19 heavy (non-hydrogen) atoms. The van der Waals surface area contributed by atoms with Gasteiger partial charge in [-0.3, -0.25) is 0 Å². The second-order valence-corrected chi connectivity index (χ2v) is 4.44. The van der Waals surface area contributed by atoms with Crippen LogP contribution < -0.4 is 4.74 Å². The fraction of sp³-hybridized carbons (Fsp3) is 0.375. The van der Waals surface area contributed by atoms with Gasteiger partial charge in [-0.15, -0.1) is 0 Å². The van der Waals surface area contributed by atoms with Crippen LogP contribution in [0.25, 0.3) is 0 Å². The summed E-state index contributed by atoms with van der Waals surface area (Å²) in [5, 5.41) is 10.5. The molecule has 1 N–H and O–H groups in total. The van der Waals surface area contributed by atoms with Crippen LogP contribution in [-0.4, -0.2) is 11.7 Å². The maximum Gasteiger partial charge on any atom is 0.125 e. The van der Waals surface area contributed by atoms with Crippen LogP contribution in [0.2, 0.25) is 0 Å². The van der Waals surface area contributed by atoms with Gasteiger partial charge in [-0.2, -0.15) is 0 Å². The van der Waals surface area contributed by atoms with Crippen LogP contribution in [0, 0.1) is 0 Å². The highest BCUT2D eigenvalue weighted by Crippen LogP contribution is 2.32. The van der Waals surface area contributed by atoms with Gasteiger partial charge in [0.25, 0.3) is 0 Å². The average Bonchev–Trinajstić information content (AvgIpc) is 2.93. The van der Waals surface area contributed by atoms with Crippen LogP contribution in [0.4, 0.5) is 0 Å². The van der Waals surface area contributed by atoms with E-state index in [-0.39, 0.29) is 0 Å². The first-order valence-electron chi connectivity index (χ1n) is 6.74. The van der Waals surface area contributed by atoms with Crippen LogP contribution in [0.3, 0.4) is 0 Å². The molecule has 0 amide bonds. The quantitative estimate of drug-likeness (QED) is 0.861. The summed E-state index contributed by atoms with van der Waals surface area (Å²) >= 11 is 0. The standard InChI is InChI=1S/C16H20O3/c1-3-10-18-15-8-6-5-7-12(15)16(17)13-9-11-19-14(13)4-2/h5-9,11,16-17H,3-4,10H2,1-2H3. The molecular formula is C16H20O3. The number of aliphatic hydroxyl groups excluding tert-OH is 1. The third-order valence-electron chi connectivity index (χ3n) is 3.07. The van der Waals surface area contributed by atoms with E-state index in [1.165, 1.54) is 0 Å². The monoisotopic (exact) mass is 260 g/mol. The molecule has 1 atom stereocenters. The maximum absolute atomic E-state index is 10.5. The Balaban J connectivity index is 2.30. The third-order valence-corrected chi connectivity index (χ3v) is 3.07. The van der Waals surface area contributed by atoms with Crippen LogP contribution in [0.5, 0.6) is 5.75 Å². The van der Waals surface area contributed by atoms with Crippen LogP contribution in [0.1, 0.15) is 43.3 Å². The van der Waals surface area contributed by atoms with Crippen LogP contribution >= 0.6 is 0 Å². The number of aryl methyl sites for hydroxylation is 1. The van der Waals surface area contributed by atoms with Gasteiger partial charge in [-0.1, -0.05) is 32.0 Å². The zero-order chi connectivity index (χ0) is 13.7.